The second-order valence-electron chi connectivity index (χ2n) is 4.79. The van der Waals surface area contributed by atoms with Crippen LogP contribution in [0.4, 0.5) is 0 Å². The van der Waals surface area contributed by atoms with Crippen molar-refractivity contribution in [3.63, 3.8) is 0 Å². The summed E-state index contributed by atoms with van der Waals surface area (Å²) in [5, 5.41) is 11.6. The standard InChI is InChI=1S/C12H20N2O4/c15-6-1-2-11(16)14-5-7-18-8-10(14)12(17)13-9-3-4-9/h9-10,15H,1-8H2,(H,13,17). The lowest BCUT2D eigenvalue weighted by molar-refractivity contribution is -0.148. The first-order valence-electron chi connectivity index (χ1n) is 6.51. The van der Waals surface area contributed by atoms with E-state index in [1.54, 1.807) is 4.90 Å². The fraction of sp³-hybridized carbons (Fsp3) is 0.833. The normalized spacial score (nSPS) is 23.8. The Morgan fingerprint density at radius 2 is 2.17 bits per heavy atom. The Balaban J connectivity index is 1.91. The maximum atomic E-state index is 12.0. The first-order chi connectivity index (χ1) is 8.72. The highest BCUT2D eigenvalue weighted by atomic mass is 16.5. The van der Waals surface area contributed by atoms with Gasteiger partial charge < -0.3 is 20.1 Å². The van der Waals surface area contributed by atoms with Gasteiger partial charge in [-0.1, -0.05) is 0 Å². The first kappa shape index (κ1) is 13.3. The van der Waals surface area contributed by atoms with Crippen LogP contribution in [-0.4, -0.2) is 60.3 Å². The summed E-state index contributed by atoms with van der Waals surface area (Å²) in [4.78, 5) is 25.5. The average Bonchev–Trinajstić information content (AvgIpc) is 3.19. The molecule has 2 N–H and O–H groups in total. The van der Waals surface area contributed by atoms with E-state index in [-0.39, 0.29) is 37.5 Å². The first-order valence-corrected chi connectivity index (χ1v) is 6.51. The van der Waals surface area contributed by atoms with E-state index in [9.17, 15) is 9.59 Å². The number of aliphatic hydroxyl groups excluding tert-OH is 1. The number of amides is 2. The predicted octanol–water partition coefficient (Wildman–Crippen LogP) is -0.735. The van der Waals surface area contributed by atoms with Crippen LogP contribution in [0.3, 0.4) is 0 Å². The van der Waals surface area contributed by atoms with Crippen molar-refractivity contribution >= 4 is 11.8 Å². The molecule has 0 bridgehead atoms. The predicted molar refractivity (Wildman–Crippen MR) is 63.8 cm³/mol. The molecule has 6 nitrogen and oxygen atoms in total. The molecule has 0 radical (unpaired) electrons. The second kappa shape index (κ2) is 6.15. The van der Waals surface area contributed by atoms with E-state index in [4.69, 9.17) is 9.84 Å². The van der Waals surface area contributed by atoms with E-state index >= 15 is 0 Å². The Morgan fingerprint density at radius 1 is 1.39 bits per heavy atom. The minimum atomic E-state index is -0.509. The summed E-state index contributed by atoms with van der Waals surface area (Å²) >= 11 is 0. The van der Waals surface area contributed by atoms with Crippen LogP contribution < -0.4 is 5.32 Å². The number of aliphatic hydroxyl groups is 1. The van der Waals surface area contributed by atoms with Gasteiger partial charge in [-0.2, -0.15) is 0 Å². The van der Waals surface area contributed by atoms with Gasteiger partial charge in [0.2, 0.25) is 11.8 Å². The van der Waals surface area contributed by atoms with Gasteiger partial charge >= 0.3 is 0 Å². The molecule has 0 aromatic heterocycles. The van der Waals surface area contributed by atoms with Crippen LogP contribution in [-0.2, 0) is 14.3 Å². The molecule has 0 aromatic rings. The van der Waals surface area contributed by atoms with Crippen LogP contribution in [0.15, 0.2) is 0 Å². The van der Waals surface area contributed by atoms with Crippen LogP contribution in [0.5, 0.6) is 0 Å². The van der Waals surface area contributed by atoms with Crippen LogP contribution in [0, 0.1) is 0 Å². The molecule has 0 aromatic carbocycles. The Bertz CT molecular complexity index is 317. The summed E-state index contributed by atoms with van der Waals surface area (Å²) in [5.74, 6) is -0.196. The minimum Gasteiger partial charge on any atom is -0.396 e. The monoisotopic (exact) mass is 256 g/mol. The van der Waals surface area contributed by atoms with Gasteiger partial charge in [0.25, 0.3) is 0 Å². The molecule has 1 heterocycles. The Labute approximate surface area is 106 Å². The van der Waals surface area contributed by atoms with E-state index in [1.165, 1.54) is 0 Å². The third-order valence-electron chi connectivity index (χ3n) is 3.22. The Morgan fingerprint density at radius 3 is 2.83 bits per heavy atom. The van der Waals surface area contributed by atoms with Crippen LogP contribution in [0.2, 0.25) is 0 Å². The van der Waals surface area contributed by atoms with Crippen molar-refractivity contribution in [2.75, 3.05) is 26.4 Å². The van der Waals surface area contributed by atoms with E-state index in [1.807, 2.05) is 0 Å². The van der Waals surface area contributed by atoms with E-state index in [2.05, 4.69) is 5.32 Å². The van der Waals surface area contributed by atoms with Gasteiger partial charge in [-0.05, 0) is 19.3 Å². The average molecular weight is 256 g/mol. The summed E-state index contributed by atoms with van der Waals surface area (Å²) in [6, 6.07) is -0.223. The molecule has 0 spiro atoms. The lowest BCUT2D eigenvalue weighted by Crippen LogP contribution is -2.56. The number of ether oxygens (including phenoxy) is 1. The molecule has 1 atom stereocenters. The molecule has 2 amide bonds. The zero-order chi connectivity index (χ0) is 13.0. The zero-order valence-electron chi connectivity index (χ0n) is 10.4. The highest BCUT2D eigenvalue weighted by molar-refractivity contribution is 5.88. The lowest BCUT2D eigenvalue weighted by Gasteiger charge is -2.34. The number of nitrogens with zero attached hydrogens (tertiary/aromatic N) is 1. The maximum absolute atomic E-state index is 12.0. The summed E-state index contributed by atoms with van der Waals surface area (Å²) in [6.45, 7) is 1.18. The second-order valence-corrected chi connectivity index (χ2v) is 4.79. The molecule has 2 fully saturated rings. The van der Waals surface area contributed by atoms with Crippen LogP contribution in [0.1, 0.15) is 25.7 Å². The van der Waals surface area contributed by atoms with Crippen molar-refractivity contribution in [3.8, 4) is 0 Å². The van der Waals surface area contributed by atoms with Crippen molar-refractivity contribution in [2.45, 2.75) is 37.8 Å². The highest BCUT2D eigenvalue weighted by Gasteiger charge is 2.35. The van der Waals surface area contributed by atoms with Gasteiger partial charge in [-0.25, -0.2) is 0 Å². The van der Waals surface area contributed by atoms with Gasteiger partial charge in [0.15, 0.2) is 0 Å². The smallest absolute Gasteiger partial charge is 0.245 e. The van der Waals surface area contributed by atoms with Gasteiger partial charge in [0.05, 0.1) is 13.2 Å². The number of carbonyl (C=O) groups excluding carboxylic acids is 2. The number of carbonyl (C=O) groups is 2. The lowest BCUT2D eigenvalue weighted by atomic mass is 10.1. The van der Waals surface area contributed by atoms with E-state index < -0.39 is 6.04 Å². The van der Waals surface area contributed by atoms with Crippen molar-refractivity contribution in [1.82, 2.24) is 10.2 Å². The third kappa shape index (κ3) is 3.43. The molecule has 18 heavy (non-hydrogen) atoms. The molecular weight excluding hydrogens is 236 g/mol. The minimum absolute atomic E-state index is 0.00494. The van der Waals surface area contributed by atoms with Gasteiger partial charge in [-0.15, -0.1) is 0 Å². The van der Waals surface area contributed by atoms with Crippen LogP contribution >= 0.6 is 0 Å². The van der Waals surface area contributed by atoms with Crippen molar-refractivity contribution in [1.29, 1.82) is 0 Å². The molecule has 1 unspecified atom stereocenters. The van der Waals surface area contributed by atoms with Crippen molar-refractivity contribution in [2.24, 2.45) is 0 Å². The van der Waals surface area contributed by atoms with Crippen molar-refractivity contribution < 1.29 is 19.4 Å². The number of hydrogen-bond donors (Lipinski definition) is 2. The quantitative estimate of drug-likeness (QED) is 0.679. The summed E-state index contributed by atoms with van der Waals surface area (Å²) in [7, 11) is 0. The Kier molecular flexibility index (Phi) is 4.54. The van der Waals surface area contributed by atoms with E-state index in [0.29, 0.717) is 19.6 Å². The molecule has 1 saturated carbocycles. The largest absolute Gasteiger partial charge is 0.396 e. The molecule has 2 aliphatic rings. The van der Waals surface area contributed by atoms with Crippen molar-refractivity contribution in [3.05, 3.63) is 0 Å². The molecule has 1 saturated heterocycles. The molecule has 1 aliphatic carbocycles. The van der Waals surface area contributed by atoms with Gasteiger partial charge in [0, 0.05) is 25.6 Å². The number of nitrogens with one attached hydrogen (secondary N) is 1. The summed E-state index contributed by atoms with van der Waals surface area (Å²) in [5.41, 5.74) is 0. The Hall–Kier alpha value is -1.14. The SMILES string of the molecule is O=C(NC1CC1)C1COCCN1C(=O)CCCO. The zero-order valence-corrected chi connectivity index (χ0v) is 10.4. The maximum Gasteiger partial charge on any atom is 0.245 e. The molecule has 6 heteroatoms. The summed E-state index contributed by atoms with van der Waals surface area (Å²) < 4.78 is 5.29. The molecule has 2 rings (SSSR count). The molecule has 102 valence electrons. The number of rotatable bonds is 5. The fourth-order valence-corrected chi connectivity index (χ4v) is 2.02. The van der Waals surface area contributed by atoms with E-state index in [0.717, 1.165) is 12.8 Å². The topological polar surface area (TPSA) is 78.9 Å². The molecule has 1 aliphatic heterocycles. The summed E-state index contributed by atoms with van der Waals surface area (Å²) in [6.07, 6.45) is 2.77. The van der Waals surface area contributed by atoms with Crippen LogP contribution in [0.25, 0.3) is 0 Å². The number of morpholine rings is 1. The number of hydrogen-bond acceptors (Lipinski definition) is 4. The fourth-order valence-electron chi connectivity index (χ4n) is 2.02. The molecular formula is C12H20N2O4. The third-order valence-corrected chi connectivity index (χ3v) is 3.22. The van der Waals surface area contributed by atoms with Gasteiger partial charge in [0.1, 0.15) is 6.04 Å². The van der Waals surface area contributed by atoms with Gasteiger partial charge in [-0.3, -0.25) is 9.59 Å². The highest BCUT2D eigenvalue weighted by Crippen LogP contribution is 2.20.